The number of sulfonamides is 1. The number of nitrogens with one attached hydrogen (secondary N) is 1. The fraction of sp³-hybridized carbons (Fsp3) is 0.769. The van der Waals surface area contributed by atoms with Crippen molar-refractivity contribution in [3.8, 4) is 0 Å². The zero-order valence-electron chi connectivity index (χ0n) is 12.2. The second-order valence-electron chi connectivity index (χ2n) is 5.53. The Bertz CT molecular complexity index is 522. The number of hydrogen-bond donors (Lipinski definition) is 1. The van der Waals surface area contributed by atoms with Crippen molar-refractivity contribution < 1.29 is 8.42 Å². The van der Waals surface area contributed by atoms with Crippen LogP contribution in [-0.2, 0) is 23.6 Å². The van der Waals surface area contributed by atoms with Gasteiger partial charge in [-0.15, -0.1) is 0 Å². The van der Waals surface area contributed by atoms with Crippen molar-refractivity contribution in [2.75, 3.05) is 19.3 Å². The SMILES string of the molecule is CN(Cc1cnn(C)c1)S(=O)(=O)CCCCNC1CC1. The monoisotopic (exact) mass is 300 g/mol. The summed E-state index contributed by atoms with van der Waals surface area (Å²) in [6.07, 6.45) is 7.70. The molecule has 0 bridgehead atoms. The predicted octanol–water partition coefficient (Wildman–Crippen LogP) is 0.714. The van der Waals surface area contributed by atoms with Crippen LogP contribution in [0, 0.1) is 0 Å². The molecule has 0 atom stereocenters. The van der Waals surface area contributed by atoms with E-state index in [-0.39, 0.29) is 5.75 Å². The van der Waals surface area contributed by atoms with Gasteiger partial charge in [-0.1, -0.05) is 0 Å². The van der Waals surface area contributed by atoms with Gasteiger partial charge in [-0.3, -0.25) is 4.68 Å². The molecular formula is C13H24N4O2S. The number of hydrogen-bond acceptors (Lipinski definition) is 4. The molecule has 1 aromatic heterocycles. The molecule has 1 heterocycles. The Morgan fingerprint density at radius 2 is 2.20 bits per heavy atom. The van der Waals surface area contributed by atoms with E-state index in [2.05, 4.69) is 10.4 Å². The van der Waals surface area contributed by atoms with Crippen LogP contribution in [0.15, 0.2) is 12.4 Å². The van der Waals surface area contributed by atoms with E-state index in [1.165, 1.54) is 17.1 Å². The van der Waals surface area contributed by atoms with Crippen LogP contribution in [0.3, 0.4) is 0 Å². The van der Waals surface area contributed by atoms with Crippen molar-refractivity contribution >= 4 is 10.0 Å². The molecule has 0 spiro atoms. The van der Waals surface area contributed by atoms with E-state index in [4.69, 9.17) is 0 Å². The third-order valence-corrected chi connectivity index (χ3v) is 5.36. The van der Waals surface area contributed by atoms with Gasteiger partial charge < -0.3 is 5.32 Å². The Hall–Kier alpha value is -0.920. The molecule has 0 radical (unpaired) electrons. The highest BCUT2D eigenvalue weighted by atomic mass is 32.2. The molecule has 0 amide bonds. The Morgan fingerprint density at radius 1 is 1.45 bits per heavy atom. The normalized spacial score (nSPS) is 15.9. The molecular weight excluding hydrogens is 276 g/mol. The van der Waals surface area contributed by atoms with Crippen LogP contribution in [0.25, 0.3) is 0 Å². The Morgan fingerprint density at radius 3 is 2.80 bits per heavy atom. The van der Waals surface area contributed by atoms with Crippen molar-refractivity contribution in [2.45, 2.75) is 38.3 Å². The third-order valence-electron chi connectivity index (χ3n) is 3.48. The lowest BCUT2D eigenvalue weighted by atomic mass is 10.3. The first kappa shape index (κ1) is 15.5. The van der Waals surface area contributed by atoms with Gasteiger partial charge in [0, 0.05) is 38.4 Å². The van der Waals surface area contributed by atoms with E-state index in [0.717, 1.165) is 18.5 Å². The molecule has 0 unspecified atom stereocenters. The molecule has 1 N–H and O–H groups in total. The summed E-state index contributed by atoms with van der Waals surface area (Å²) in [6, 6.07) is 0.694. The number of rotatable bonds is 9. The maximum atomic E-state index is 12.1. The van der Waals surface area contributed by atoms with E-state index in [9.17, 15) is 8.42 Å². The standard InChI is InChI=1S/C13H24N4O2S/c1-16-10-12(9-15-16)11-17(2)20(18,19)8-4-3-7-14-13-5-6-13/h9-10,13-14H,3-8,11H2,1-2H3. The van der Waals surface area contributed by atoms with Crippen LogP contribution in [0.4, 0.5) is 0 Å². The smallest absolute Gasteiger partial charge is 0.214 e. The van der Waals surface area contributed by atoms with Gasteiger partial charge in [0.2, 0.25) is 10.0 Å². The largest absolute Gasteiger partial charge is 0.314 e. The molecule has 1 aromatic rings. The van der Waals surface area contributed by atoms with Gasteiger partial charge in [0.05, 0.1) is 11.9 Å². The number of aryl methyl sites for hydroxylation is 1. The van der Waals surface area contributed by atoms with Crippen LogP contribution >= 0.6 is 0 Å². The average Bonchev–Trinajstić information content (AvgIpc) is 3.11. The van der Waals surface area contributed by atoms with Gasteiger partial charge in [0.15, 0.2) is 0 Å². The molecule has 1 aliphatic rings. The van der Waals surface area contributed by atoms with Crippen LogP contribution in [-0.4, -0.2) is 47.9 Å². The Balaban J connectivity index is 1.70. The maximum absolute atomic E-state index is 12.1. The lowest BCUT2D eigenvalue weighted by molar-refractivity contribution is 0.464. The van der Waals surface area contributed by atoms with Crippen LogP contribution in [0.1, 0.15) is 31.2 Å². The average molecular weight is 300 g/mol. The summed E-state index contributed by atoms with van der Waals surface area (Å²) in [4.78, 5) is 0. The Labute approximate surface area is 121 Å². The van der Waals surface area contributed by atoms with Gasteiger partial charge in [-0.05, 0) is 32.2 Å². The molecule has 0 saturated heterocycles. The summed E-state index contributed by atoms with van der Waals surface area (Å²) in [5.41, 5.74) is 0.911. The molecule has 2 rings (SSSR count). The number of unbranched alkanes of at least 4 members (excludes halogenated alkanes) is 1. The van der Waals surface area contributed by atoms with Gasteiger partial charge in [0.25, 0.3) is 0 Å². The van der Waals surface area contributed by atoms with E-state index in [1.807, 2.05) is 13.2 Å². The first-order valence-electron chi connectivity index (χ1n) is 7.12. The summed E-state index contributed by atoms with van der Waals surface area (Å²) in [5, 5.41) is 7.44. The van der Waals surface area contributed by atoms with E-state index in [1.54, 1.807) is 17.9 Å². The minimum atomic E-state index is -3.17. The maximum Gasteiger partial charge on any atom is 0.214 e. The quantitative estimate of drug-likeness (QED) is 0.682. The highest BCUT2D eigenvalue weighted by Gasteiger charge is 2.20. The van der Waals surface area contributed by atoms with Gasteiger partial charge in [0.1, 0.15) is 0 Å². The molecule has 0 aliphatic heterocycles. The second-order valence-corrected chi connectivity index (χ2v) is 7.73. The zero-order valence-corrected chi connectivity index (χ0v) is 13.1. The second kappa shape index (κ2) is 6.69. The fourth-order valence-corrected chi connectivity index (χ4v) is 3.29. The highest BCUT2D eigenvalue weighted by molar-refractivity contribution is 7.89. The predicted molar refractivity (Wildman–Crippen MR) is 78.7 cm³/mol. The molecule has 114 valence electrons. The molecule has 0 aromatic carbocycles. The fourth-order valence-electron chi connectivity index (χ4n) is 2.07. The molecule has 1 saturated carbocycles. The Kier molecular flexibility index (Phi) is 5.17. The third kappa shape index (κ3) is 4.88. The molecule has 1 aliphatic carbocycles. The van der Waals surface area contributed by atoms with E-state index < -0.39 is 10.0 Å². The molecule has 7 heteroatoms. The van der Waals surface area contributed by atoms with Crippen LogP contribution in [0.2, 0.25) is 0 Å². The first-order chi connectivity index (χ1) is 9.47. The molecule has 20 heavy (non-hydrogen) atoms. The van der Waals surface area contributed by atoms with Gasteiger partial charge in [-0.25, -0.2) is 12.7 Å². The first-order valence-corrected chi connectivity index (χ1v) is 8.73. The van der Waals surface area contributed by atoms with Gasteiger partial charge in [-0.2, -0.15) is 5.10 Å². The highest BCUT2D eigenvalue weighted by Crippen LogP contribution is 2.18. The summed E-state index contributed by atoms with van der Waals surface area (Å²) in [5.74, 6) is 0.218. The van der Waals surface area contributed by atoms with Crippen molar-refractivity contribution in [1.29, 1.82) is 0 Å². The molecule has 1 fully saturated rings. The lowest BCUT2D eigenvalue weighted by Gasteiger charge is -2.16. The van der Waals surface area contributed by atoms with Crippen LogP contribution in [0.5, 0.6) is 0 Å². The lowest BCUT2D eigenvalue weighted by Crippen LogP contribution is -2.29. The van der Waals surface area contributed by atoms with Crippen molar-refractivity contribution in [2.24, 2.45) is 7.05 Å². The number of nitrogens with zero attached hydrogens (tertiary/aromatic N) is 3. The summed E-state index contributed by atoms with van der Waals surface area (Å²) in [7, 11) is 0.288. The summed E-state index contributed by atoms with van der Waals surface area (Å²) >= 11 is 0. The van der Waals surface area contributed by atoms with Crippen molar-refractivity contribution in [1.82, 2.24) is 19.4 Å². The summed E-state index contributed by atoms with van der Waals surface area (Å²) in [6.45, 7) is 1.31. The number of aromatic nitrogens is 2. The van der Waals surface area contributed by atoms with E-state index >= 15 is 0 Å². The molecule has 6 nitrogen and oxygen atoms in total. The van der Waals surface area contributed by atoms with Gasteiger partial charge >= 0.3 is 0 Å². The topological polar surface area (TPSA) is 67.2 Å². The summed E-state index contributed by atoms with van der Waals surface area (Å²) < 4.78 is 27.4. The minimum Gasteiger partial charge on any atom is -0.314 e. The van der Waals surface area contributed by atoms with E-state index in [0.29, 0.717) is 19.0 Å². The minimum absolute atomic E-state index is 0.218. The van der Waals surface area contributed by atoms with Crippen molar-refractivity contribution in [3.63, 3.8) is 0 Å². The zero-order chi connectivity index (χ0) is 14.6. The van der Waals surface area contributed by atoms with Crippen molar-refractivity contribution in [3.05, 3.63) is 18.0 Å². The van der Waals surface area contributed by atoms with Crippen LogP contribution < -0.4 is 5.32 Å².